The summed E-state index contributed by atoms with van der Waals surface area (Å²) in [6, 6.07) is 19.6. The van der Waals surface area contributed by atoms with E-state index in [1.807, 2.05) is 6.92 Å². The number of aryl methyl sites for hydroxylation is 1. The molecule has 30 heavy (non-hydrogen) atoms. The van der Waals surface area contributed by atoms with Crippen LogP contribution in [-0.4, -0.2) is 15.5 Å². The molecule has 0 unspecified atom stereocenters. The second-order valence-electron chi connectivity index (χ2n) is 6.64. The third-order valence-corrected chi connectivity index (χ3v) is 5.88. The maximum atomic E-state index is 13.0. The molecule has 0 aliphatic heterocycles. The molecule has 0 spiro atoms. The summed E-state index contributed by atoms with van der Waals surface area (Å²) in [5, 5.41) is 0.355. The number of ether oxygens (including phenoxy) is 1. The number of fused-ring (bicyclic) bond motifs is 1. The zero-order valence-corrected chi connectivity index (χ0v) is 17.1. The normalized spacial score (nSPS) is 11.4. The van der Waals surface area contributed by atoms with Crippen molar-refractivity contribution in [1.29, 1.82) is 0 Å². The molecule has 0 N–H and O–H groups in total. The van der Waals surface area contributed by atoms with Gasteiger partial charge in [0.2, 0.25) is 0 Å². The number of benzene rings is 3. The molecule has 0 saturated carbocycles. The van der Waals surface area contributed by atoms with Gasteiger partial charge >= 0.3 is 15.7 Å². The van der Waals surface area contributed by atoms with Gasteiger partial charge in [0.25, 0.3) is 0 Å². The van der Waals surface area contributed by atoms with Gasteiger partial charge in [0.15, 0.2) is 5.75 Å². The highest BCUT2D eigenvalue weighted by molar-refractivity contribution is 7.87. The molecule has 4 rings (SSSR count). The van der Waals surface area contributed by atoms with Gasteiger partial charge < -0.3 is 13.3 Å². The molecule has 152 valence electrons. The Hall–Kier alpha value is -3.58. The second-order valence-corrected chi connectivity index (χ2v) is 8.19. The van der Waals surface area contributed by atoms with Crippen LogP contribution in [0.3, 0.4) is 0 Å². The molecule has 4 aromatic rings. The van der Waals surface area contributed by atoms with Crippen molar-refractivity contribution in [2.45, 2.75) is 11.8 Å². The fourth-order valence-electron chi connectivity index (χ4n) is 3.15. The Bertz CT molecular complexity index is 1390. The van der Waals surface area contributed by atoms with E-state index < -0.39 is 15.7 Å². The zero-order valence-electron chi connectivity index (χ0n) is 16.3. The van der Waals surface area contributed by atoms with Crippen LogP contribution in [0.25, 0.3) is 22.1 Å². The Balaban J connectivity index is 2.00. The highest BCUT2D eigenvalue weighted by Crippen LogP contribution is 2.39. The molecule has 1 aromatic heterocycles. The Labute approximate surface area is 173 Å². The third-order valence-electron chi connectivity index (χ3n) is 4.64. The molecule has 0 saturated heterocycles. The van der Waals surface area contributed by atoms with Crippen LogP contribution < -0.4 is 14.5 Å². The maximum absolute atomic E-state index is 13.0. The van der Waals surface area contributed by atoms with Crippen LogP contribution >= 0.6 is 0 Å². The molecule has 0 aliphatic rings. The lowest BCUT2D eigenvalue weighted by Gasteiger charge is -2.15. The average molecular weight is 422 g/mol. The average Bonchev–Trinajstić information content (AvgIpc) is 2.74. The van der Waals surface area contributed by atoms with Crippen LogP contribution in [0.4, 0.5) is 0 Å². The van der Waals surface area contributed by atoms with Crippen LogP contribution in [0.5, 0.6) is 11.5 Å². The fraction of sp³-hybridized carbons (Fsp3) is 0.0870. The molecule has 0 fully saturated rings. The standard InChI is InChI=1S/C23H18O6S/c1-15-11-13-16(14-12-15)30(25,26)29-22-18-8-4-6-10-20(18)28-23(24)21(22)17-7-3-5-9-19(17)27-2/h3-14H,1-2H3. The van der Waals surface area contributed by atoms with E-state index in [2.05, 4.69) is 0 Å². The van der Waals surface area contributed by atoms with E-state index in [9.17, 15) is 13.2 Å². The molecule has 0 radical (unpaired) electrons. The summed E-state index contributed by atoms with van der Waals surface area (Å²) in [4.78, 5) is 12.9. The minimum atomic E-state index is -4.21. The first kappa shape index (κ1) is 19.7. The lowest BCUT2D eigenvalue weighted by atomic mass is 10.0. The van der Waals surface area contributed by atoms with Crippen molar-refractivity contribution in [3.8, 4) is 22.6 Å². The first-order valence-corrected chi connectivity index (χ1v) is 10.5. The van der Waals surface area contributed by atoms with Crippen molar-refractivity contribution in [3.05, 3.63) is 88.8 Å². The van der Waals surface area contributed by atoms with E-state index >= 15 is 0 Å². The van der Waals surface area contributed by atoms with E-state index in [1.54, 1.807) is 60.7 Å². The minimum absolute atomic E-state index is 0.0172. The molecule has 0 bridgehead atoms. The second kappa shape index (κ2) is 7.68. The van der Waals surface area contributed by atoms with Gasteiger partial charge in [0.1, 0.15) is 21.8 Å². The van der Waals surface area contributed by atoms with E-state index in [-0.39, 0.29) is 21.8 Å². The molecule has 0 amide bonds. The highest BCUT2D eigenvalue weighted by atomic mass is 32.2. The van der Waals surface area contributed by atoms with E-state index in [0.717, 1.165) is 5.56 Å². The van der Waals surface area contributed by atoms with Crippen LogP contribution in [-0.2, 0) is 10.1 Å². The van der Waals surface area contributed by atoms with Gasteiger partial charge in [-0.05, 0) is 37.3 Å². The van der Waals surface area contributed by atoms with Gasteiger partial charge in [-0.25, -0.2) is 4.79 Å². The van der Waals surface area contributed by atoms with Gasteiger partial charge in [-0.3, -0.25) is 0 Å². The quantitative estimate of drug-likeness (QED) is 0.347. The summed E-state index contributed by atoms with van der Waals surface area (Å²) in [7, 11) is -2.75. The molecular weight excluding hydrogens is 404 g/mol. The zero-order chi connectivity index (χ0) is 21.3. The first-order chi connectivity index (χ1) is 14.4. The van der Waals surface area contributed by atoms with Crippen molar-refractivity contribution in [1.82, 2.24) is 0 Å². The third kappa shape index (κ3) is 3.55. The van der Waals surface area contributed by atoms with Crippen LogP contribution in [0.1, 0.15) is 5.56 Å². The monoisotopic (exact) mass is 422 g/mol. The Morgan fingerprint density at radius 1 is 0.867 bits per heavy atom. The molecule has 3 aromatic carbocycles. The summed E-state index contributed by atoms with van der Waals surface area (Å²) in [5.41, 5.74) is 0.743. The first-order valence-electron chi connectivity index (χ1n) is 9.11. The lowest BCUT2D eigenvalue weighted by molar-refractivity contribution is 0.415. The molecule has 1 heterocycles. The molecule has 0 atom stereocenters. The van der Waals surface area contributed by atoms with Crippen molar-refractivity contribution >= 4 is 21.1 Å². The van der Waals surface area contributed by atoms with Crippen LogP contribution in [0.15, 0.2) is 86.9 Å². The Morgan fingerprint density at radius 2 is 1.53 bits per heavy atom. The molecular formula is C23H18O6S. The largest absolute Gasteiger partial charge is 0.496 e. The van der Waals surface area contributed by atoms with Crippen molar-refractivity contribution < 1.29 is 21.8 Å². The topological polar surface area (TPSA) is 82.8 Å². The van der Waals surface area contributed by atoms with Crippen molar-refractivity contribution in [2.75, 3.05) is 7.11 Å². The minimum Gasteiger partial charge on any atom is -0.496 e. The Morgan fingerprint density at radius 3 is 2.27 bits per heavy atom. The number of hydrogen-bond acceptors (Lipinski definition) is 6. The lowest BCUT2D eigenvalue weighted by Crippen LogP contribution is -2.14. The summed E-state index contributed by atoms with van der Waals surface area (Å²) in [5.74, 6) is 0.282. The van der Waals surface area contributed by atoms with Gasteiger partial charge in [0.05, 0.1) is 12.5 Å². The summed E-state index contributed by atoms with van der Waals surface area (Å²) in [6.07, 6.45) is 0. The summed E-state index contributed by atoms with van der Waals surface area (Å²) in [6.45, 7) is 1.85. The van der Waals surface area contributed by atoms with Crippen LogP contribution in [0.2, 0.25) is 0 Å². The van der Waals surface area contributed by atoms with E-state index in [1.165, 1.54) is 19.2 Å². The van der Waals surface area contributed by atoms with Gasteiger partial charge in [-0.2, -0.15) is 8.42 Å². The SMILES string of the molecule is COc1ccccc1-c1c(OS(=O)(=O)c2ccc(C)cc2)c2ccccc2oc1=O. The molecule has 7 heteroatoms. The predicted molar refractivity (Wildman–Crippen MR) is 113 cm³/mol. The van der Waals surface area contributed by atoms with E-state index in [4.69, 9.17) is 13.3 Å². The van der Waals surface area contributed by atoms with Crippen molar-refractivity contribution in [2.24, 2.45) is 0 Å². The molecule has 6 nitrogen and oxygen atoms in total. The fourth-order valence-corrected chi connectivity index (χ4v) is 4.11. The summed E-state index contributed by atoms with van der Waals surface area (Å²) < 4.78 is 42.4. The van der Waals surface area contributed by atoms with Gasteiger partial charge in [-0.1, -0.05) is 48.0 Å². The number of hydrogen-bond donors (Lipinski definition) is 0. The van der Waals surface area contributed by atoms with E-state index in [0.29, 0.717) is 16.7 Å². The molecule has 0 aliphatic carbocycles. The maximum Gasteiger partial charge on any atom is 0.348 e. The number of rotatable bonds is 5. The van der Waals surface area contributed by atoms with Crippen LogP contribution in [0, 0.1) is 6.92 Å². The van der Waals surface area contributed by atoms with Gasteiger partial charge in [0, 0.05) is 5.56 Å². The highest BCUT2D eigenvalue weighted by Gasteiger charge is 2.26. The van der Waals surface area contributed by atoms with Crippen molar-refractivity contribution in [3.63, 3.8) is 0 Å². The van der Waals surface area contributed by atoms with Gasteiger partial charge in [-0.15, -0.1) is 0 Å². The predicted octanol–water partition coefficient (Wildman–Crippen LogP) is 4.54. The number of para-hydroxylation sites is 2. The number of methoxy groups -OCH3 is 1. The smallest absolute Gasteiger partial charge is 0.348 e. The summed E-state index contributed by atoms with van der Waals surface area (Å²) >= 11 is 0. The Kier molecular flexibility index (Phi) is 5.05.